The third kappa shape index (κ3) is 4.06. The lowest BCUT2D eigenvalue weighted by atomic mass is 10.3. The minimum atomic E-state index is -0.550. The zero-order valence-corrected chi connectivity index (χ0v) is 17.4. The first kappa shape index (κ1) is 20.1. The van der Waals surface area contributed by atoms with Crippen molar-refractivity contribution < 1.29 is 23.8 Å². The van der Waals surface area contributed by atoms with Gasteiger partial charge in [0.15, 0.2) is 16.7 Å². The van der Waals surface area contributed by atoms with E-state index in [2.05, 4.69) is 10.3 Å². The molecule has 2 amide bonds. The van der Waals surface area contributed by atoms with Crippen LogP contribution in [0.1, 0.15) is 13.3 Å². The average Bonchev–Trinajstić information content (AvgIpc) is 3.32. The fraction of sp³-hybridized carbons (Fsp3) is 0.286. The molecule has 0 saturated carbocycles. The first-order valence-corrected chi connectivity index (χ1v) is 10.4. The highest BCUT2D eigenvalue weighted by atomic mass is 32.2. The topological polar surface area (TPSA) is 89.5 Å². The van der Waals surface area contributed by atoms with E-state index in [0.29, 0.717) is 34.6 Å². The van der Waals surface area contributed by atoms with Gasteiger partial charge < -0.3 is 19.5 Å². The molecular formula is C21H21N3O5S. The third-order valence-corrected chi connectivity index (χ3v) is 5.72. The van der Waals surface area contributed by atoms with Crippen LogP contribution in [0.25, 0.3) is 0 Å². The molecule has 1 atom stereocenters. The summed E-state index contributed by atoms with van der Waals surface area (Å²) in [6.07, 6.45) is 0.112. The van der Waals surface area contributed by atoms with Gasteiger partial charge in [0.2, 0.25) is 18.6 Å². The maximum absolute atomic E-state index is 13.0. The molecule has 0 aliphatic carbocycles. The highest BCUT2D eigenvalue weighted by Crippen LogP contribution is 2.35. The number of nitrogens with one attached hydrogen (secondary N) is 1. The van der Waals surface area contributed by atoms with Crippen molar-refractivity contribution in [1.82, 2.24) is 0 Å². The molecule has 0 bridgehead atoms. The zero-order valence-electron chi connectivity index (χ0n) is 16.6. The summed E-state index contributed by atoms with van der Waals surface area (Å²) < 4.78 is 15.9. The van der Waals surface area contributed by atoms with Gasteiger partial charge >= 0.3 is 0 Å². The Labute approximate surface area is 178 Å². The van der Waals surface area contributed by atoms with Crippen LogP contribution in [-0.2, 0) is 9.59 Å². The van der Waals surface area contributed by atoms with Crippen LogP contribution >= 0.6 is 11.8 Å². The zero-order chi connectivity index (χ0) is 21.1. The number of aliphatic imine (C=N–C) groups is 1. The number of anilines is 2. The molecule has 2 aliphatic heterocycles. The van der Waals surface area contributed by atoms with Gasteiger partial charge in [-0.15, -0.1) is 0 Å². The van der Waals surface area contributed by atoms with E-state index >= 15 is 0 Å². The van der Waals surface area contributed by atoms with Crippen molar-refractivity contribution in [2.24, 2.45) is 4.99 Å². The Bertz CT molecular complexity index is 993. The number of nitrogens with zero attached hydrogens (tertiary/aromatic N) is 2. The SMILES string of the molecule is CCN=C(Nc1ccc2c(c1)OCO2)S[C@H]1CC(=O)N(c2ccc(OC)cc2)C1=O. The van der Waals surface area contributed by atoms with Gasteiger partial charge in [0.1, 0.15) is 11.0 Å². The molecule has 1 N–H and O–H groups in total. The monoisotopic (exact) mass is 427 g/mol. The van der Waals surface area contributed by atoms with Crippen LogP contribution in [0.5, 0.6) is 17.2 Å². The van der Waals surface area contributed by atoms with E-state index in [1.807, 2.05) is 25.1 Å². The van der Waals surface area contributed by atoms with Gasteiger partial charge in [0, 0.05) is 24.7 Å². The fourth-order valence-corrected chi connectivity index (χ4v) is 4.26. The van der Waals surface area contributed by atoms with Gasteiger partial charge in [-0.05, 0) is 43.3 Å². The van der Waals surface area contributed by atoms with Gasteiger partial charge in [-0.2, -0.15) is 0 Å². The molecule has 1 fully saturated rings. The quantitative estimate of drug-likeness (QED) is 0.445. The Morgan fingerprint density at radius 3 is 2.70 bits per heavy atom. The second-order valence-electron chi connectivity index (χ2n) is 6.55. The van der Waals surface area contributed by atoms with Crippen LogP contribution in [0.3, 0.4) is 0 Å². The normalized spacial score (nSPS) is 18.1. The molecule has 2 aromatic carbocycles. The van der Waals surface area contributed by atoms with Crippen molar-refractivity contribution >= 4 is 40.1 Å². The third-order valence-electron chi connectivity index (χ3n) is 4.62. The number of hydrogen-bond acceptors (Lipinski definition) is 7. The Morgan fingerprint density at radius 1 is 1.20 bits per heavy atom. The second kappa shape index (κ2) is 8.66. The van der Waals surface area contributed by atoms with E-state index in [1.54, 1.807) is 31.4 Å². The number of ether oxygens (including phenoxy) is 3. The first-order chi connectivity index (χ1) is 14.6. The molecule has 2 aliphatic rings. The largest absolute Gasteiger partial charge is 0.497 e. The van der Waals surface area contributed by atoms with Crippen molar-refractivity contribution in [3.05, 3.63) is 42.5 Å². The molecular weight excluding hydrogens is 406 g/mol. The summed E-state index contributed by atoms with van der Waals surface area (Å²) in [6, 6.07) is 12.3. The number of thioether (sulfide) groups is 1. The number of imide groups is 1. The number of methoxy groups -OCH3 is 1. The van der Waals surface area contributed by atoms with Gasteiger partial charge in [-0.1, -0.05) is 11.8 Å². The summed E-state index contributed by atoms with van der Waals surface area (Å²) in [6.45, 7) is 2.65. The van der Waals surface area contributed by atoms with Crippen molar-refractivity contribution in [2.45, 2.75) is 18.6 Å². The second-order valence-corrected chi connectivity index (χ2v) is 7.74. The van der Waals surface area contributed by atoms with Gasteiger partial charge in [0.25, 0.3) is 0 Å². The number of fused-ring (bicyclic) bond motifs is 1. The van der Waals surface area contributed by atoms with E-state index in [9.17, 15) is 9.59 Å². The molecule has 0 aromatic heterocycles. The number of amides is 2. The molecule has 0 spiro atoms. The number of rotatable bonds is 5. The molecule has 0 unspecified atom stereocenters. The summed E-state index contributed by atoms with van der Waals surface area (Å²) in [5.74, 6) is 1.51. The Balaban J connectivity index is 1.47. The lowest BCUT2D eigenvalue weighted by Crippen LogP contribution is -2.31. The molecule has 156 valence electrons. The lowest BCUT2D eigenvalue weighted by Gasteiger charge is -2.16. The summed E-state index contributed by atoms with van der Waals surface area (Å²) in [4.78, 5) is 31.2. The van der Waals surface area contributed by atoms with E-state index in [1.165, 1.54) is 16.7 Å². The lowest BCUT2D eigenvalue weighted by molar-refractivity contribution is -0.121. The van der Waals surface area contributed by atoms with Crippen LogP contribution in [0, 0.1) is 0 Å². The van der Waals surface area contributed by atoms with Crippen LogP contribution < -0.4 is 24.4 Å². The van der Waals surface area contributed by atoms with E-state index in [0.717, 1.165) is 5.69 Å². The molecule has 4 rings (SSSR count). The summed E-state index contributed by atoms with van der Waals surface area (Å²) in [5, 5.41) is 3.24. The Morgan fingerprint density at radius 2 is 1.97 bits per heavy atom. The highest BCUT2D eigenvalue weighted by molar-refractivity contribution is 8.15. The smallest absolute Gasteiger partial charge is 0.247 e. The molecule has 8 nitrogen and oxygen atoms in total. The minimum absolute atomic E-state index is 0.112. The van der Waals surface area contributed by atoms with Crippen LogP contribution in [0.4, 0.5) is 11.4 Å². The molecule has 0 radical (unpaired) electrons. The van der Waals surface area contributed by atoms with Gasteiger partial charge in [0.05, 0.1) is 12.8 Å². The maximum atomic E-state index is 13.0. The standard InChI is InChI=1S/C21H21N3O5S/c1-3-22-21(23-13-4-9-16-17(10-13)29-12-28-16)30-18-11-19(25)24(20(18)26)14-5-7-15(27-2)8-6-14/h4-10,18H,3,11-12H2,1-2H3,(H,22,23)/t18-/m0/s1. The molecule has 9 heteroatoms. The Hall–Kier alpha value is -3.20. The predicted molar refractivity (Wildman–Crippen MR) is 116 cm³/mol. The number of benzene rings is 2. The maximum Gasteiger partial charge on any atom is 0.247 e. The van der Waals surface area contributed by atoms with E-state index < -0.39 is 5.25 Å². The number of hydrogen-bond donors (Lipinski definition) is 1. The number of carbonyl (C=O) groups is 2. The summed E-state index contributed by atoms with van der Waals surface area (Å²) in [5.41, 5.74) is 1.30. The molecule has 2 heterocycles. The van der Waals surface area contributed by atoms with E-state index in [4.69, 9.17) is 14.2 Å². The number of amidine groups is 1. The highest BCUT2D eigenvalue weighted by Gasteiger charge is 2.40. The minimum Gasteiger partial charge on any atom is -0.497 e. The van der Waals surface area contributed by atoms with Crippen LogP contribution in [0.15, 0.2) is 47.5 Å². The summed E-state index contributed by atoms with van der Waals surface area (Å²) >= 11 is 1.25. The van der Waals surface area contributed by atoms with Gasteiger partial charge in [-0.3, -0.25) is 14.6 Å². The van der Waals surface area contributed by atoms with Crippen molar-refractivity contribution in [2.75, 3.05) is 30.7 Å². The van der Waals surface area contributed by atoms with Crippen LogP contribution in [-0.4, -0.2) is 42.7 Å². The Kier molecular flexibility index (Phi) is 5.80. The van der Waals surface area contributed by atoms with E-state index in [-0.39, 0.29) is 25.0 Å². The molecule has 30 heavy (non-hydrogen) atoms. The fourth-order valence-electron chi connectivity index (χ4n) is 3.18. The molecule has 1 saturated heterocycles. The van der Waals surface area contributed by atoms with Gasteiger partial charge in [-0.25, -0.2) is 4.90 Å². The molecule has 2 aromatic rings. The van der Waals surface area contributed by atoms with Crippen molar-refractivity contribution in [1.29, 1.82) is 0 Å². The number of carbonyl (C=O) groups excluding carboxylic acids is 2. The van der Waals surface area contributed by atoms with Crippen molar-refractivity contribution in [3.63, 3.8) is 0 Å². The summed E-state index contributed by atoms with van der Waals surface area (Å²) in [7, 11) is 1.57. The predicted octanol–water partition coefficient (Wildman–Crippen LogP) is 3.28. The average molecular weight is 427 g/mol. The van der Waals surface area contributed by atoms with Crippen LogP contribution in [0.2, 0.25) is 0 Å². The first-order valence-electron chi connectivity index (χ1n) is 9.47. The van der Waals surface area contributed by atoms with Crippen molar-refractivity contribution in [3.8, 4) is 17.2 Å².